The number of amides is 1. The van der Waals surface area contributed by atoms with Gasteiger partial charge in [-0.2, -0.15) is 0 Å². The maximum Gasteiger partial charge on any atom is 0.332 e. The Morgan fingerprint density at radius 2 is 2.57 bits per heavy atom. The van der Waals surface area contributed by atoms with Crippen LogP contribution in [0, 0.1) is 0 Å². The molecule has 1 aromatic heterocycles. The summed E-state index contributed by atoms with van der Waals surface area (Å²) < 4.78 is 0. The highest BCUT2D eigenvalue weighted by Crippen LogP contribution is 2.19. The monoisotopic (exact) mass is 214 g/mol. The fourth-order valence-corrected chi connectivity index (χ4v) is 1.69. The number of carboxylic acids is 1. The summed E-state index contributed by atoms with van der Waals surface area (Å²) in [6.07, 6.45) is 0.526. The van der Waals surface area contributed by atoms with E-state index in [9.17, 15) is 9.59 Å². The molecule has 1 amide bonds. The lowest BCUT2D eigenvalue weighted by atomic mass is 10.2. The summed E-state index contributed by atoms with van der Waals surface area (Å²) in [5.41, 5.74) is 1.95. The van der Waals surface area contributed by atoms with Gasteiger partial charge in [-0.3, -0.25) is 4.79 Å². The molecule has 0 aliphatic rings. The smallest absolute Gasteiger partial charge is 0.332 e. The number of rotatable bonds is 5. The predicted molar refractivity (Wildman–Crippen MR) is 50.9 cm³/mol. The maximum atomic E-state index is 10.9. The van der Waals surface area contributed by atoms with Crippen LogP contribution in [0.1, 0.15) is 18.7 Å². The first-order valence-electron chi connectivity index (χ1n) is 4.02. The molecule has 0 spiro atoms. The van der Waals surface area contributed by atoms with Crippen molar-refractivity contribution >= 4 is 23.7 Å². The molecule has 76 valence electrons. The van der Waals surface area contributed by atoms with E-state index >= 15 is 0 Å². The number of carbonyl (C=O) groups excluding carboxylic acids is 1. The van der Waals surface area contributed by atoms with Gasteiger partial charge in [0.15, 0.2) is 6.04 Å². The summed E-state index contributed by atoms with van der Waals surface area (Å²) in [7, 11) is 0. The number of thiazole rings is 1. The molecule has 0 saturated heterocycles. The van der Waals surface area contributed by atoms with Gasteiger partial charge in [0.05, 0.1) is 11.2 Å². The van der Waals surface area contributed by atoms with E-state index in [1.807, 2.05) is 0 Å². The molecule has 0 aliphatic carbocycles. The normalized spacial score (nSPS) is 12.1. The summed E-state index contributed by atoms with van der Waals surface area (Å²) in [5, 5.41) is 10.6. The Kier molecular flexibility index (Phi) is 3.58. The summed E-state index contributed by atoms with van der Waals surface area (Å²) in [6, 6.07) is -0.969. The van der Waals surface area contributed by atoms with Crippen LogP contribution >= 0.6 is 11.3 Å². The summed E-state index contributed by atoms with van der Waals surface area (Å²) in [6.45, 7) is 2.06. The highest BCUT2D eigenvalue weighted by Gasteiger charge is 2.26. The first-order valence-corrected chi connectivity index (χ1v) is 4.97. The molecule has 1 atom stereocenters. The third kappa shape index (κ3) is 2.08. The Morgan fingerprint density at radius 3 is 2.93 bits per heavy atom. The van der Waals surface area contributed by atoms with Gasteiger partial charge in [0.25, 0.3) is 0 Å². The first-order chi connectivity index (χ1) is 6.70. The van der Waals surface area contributed by atoms with Crippen molar-refractivity contribution in [2.75, 3.05) is 6.54 Å². The van der Waals surface area contributed by atoms with Crippen molar-refractivity contribution in [3.63, 3.8) is 0 Å². The zero-order chi connectivity index (χ0) is 10.6. The van der Waals surface area contributed by atoms with E-state index in [1.165, 1.54) is 16.2 Å². The predicted octanol–water partition coefficient (Wildman–Crippen LogP) is 0.747. The Balaban J connectivity index is 2.95. The molecule has 6 heteroatoms. The quantitative estimate of drug-likeness (QED) is 0.734. The Bertz CT molecular complexity index is 312. The molecule has 0 saturated carbocycles. The lowest BCUT2D eigenvalue weighted by Gasteiger charge is -2.21. The van der Waals surface area contributed by atoms with E-state index in [4.69, 9.17) is 5.11 Å². The Morgan fingerprint density at radius 1 is 1.86 bits per heavy atom. The number of aliphatic carboxylic acids is 1. The average molecular weight is 214 g/mol. The SMILES string of the molecule is CCN(C=O)C(C(=O)O)c1cscn1. The molecular weight excluding hydrogens is 204 g/mol. The molecule has 1 heterocycles. The number of likely N-dealkylation sites (N-methyl/N-ethyl adjacent to an activating group) is 1. The Hall–Kier alpha value is -1.43. The second-order valence-electron chi connectivity index (χ2n) is 2.59. The lowest BCUT2D eigenvalue weighted by Crippen LogP contribution is -2.33. The highest BCUT2D eigenvalue weighted by atomic mass is 32.1. The van der Waals surface area contributed by atoms with Gasteiger partial charge in [-0.1, -0.05) is 0 Å². The molecule has 0 aliphatic heterocycles. The van der Waals surface area contributed by atoms with Crippen LogP contribution in [0.15, 0.2) is 10.9 Å². The van der Waals surface area contributed by atoms with Gasteiger partial charge in [0.2, 0.25) is 6.41 Å². The van der Waals surface area contributed by atoms with Crippen LogP contribution in [0.25, 0.3) is 0 Å². The van der Waals surface area contributed by atoms with E-state index in [2.05, 4.69) is 4.98 Å². The minimum atomic E-state index is -1.06. The summed E-state index contributed by atoms with van der Waals surface area (Å²) in [4.78, 5) is 26.6. The van der Waals surface area contributed by atoms with Gasteiger partial charge in [0, 0.05) is 11.9 Å². The second-order valence-corrected chi connectivity index (χ2v) is 3.31. The van der Waals surface area contributed by atoms with Gasteiger partial charge in [0.1, 0.15) is 0 Å². The van der Waals surface area contributed by atoms with Crippen molar-refractivity contribution in [3.05, 3.63) is 16.6 Å². The first kappa shape index (κ1) is 10.6. The molecule has 0 radical (unpaired) electrons. The van der Waals surface area contributed by atoms with Gasteiger partial charge in [-0.15, -0.1) is 11.3 Å². The molecule has 0 bridgehead atoms. The van der Waals surface area contributed by atoms with Crippen molar-refractivity contribution in [2.24, 2.45) is 0 Å². The van der Waals surface area contributed by atoms with E-state index < -0.39 is 12.0 Å². The third-order valence-corrected chi connectivity index (χ3v) is 2.40. The molecule has 1 N–H and O–H groups in total. The van der Waals surface area contributed by atoms with E-state index in [-0.39, 0.29) is 0 Å². The largest absolute Gasteiger partial charge is 0.479 e. The molecule has 1 aromatic rings. The zero-order valence-electron chi connectivity index (χ0n) is 7.58. The second kappa shape index (κ2) is 4.71. The van der Waals surface area contributed by atoms with Gasteiger partial charge < -0.3 is 10.0 Å². The van der Waals surface area contributed by atoms with Crippen LogP contribution in [0.5, 0.6) is 0 Å². The Labute approximate surface area is 85.0 Å². The van der Waals surface area contributed by atoms with Crippen molar-refractivity contribution < 1.29 is 14.7 Å². The molecule has 5 nitrogen and oxygen atoms in total. The maximum absolute atomic E-state index is 10.9. The third-order valence-electron chi connectivity index (χ3n) is 1.80. The topological polar surface area (TPSA) is 70.5 Å². The van der Waals surface area contributed by atoms with Crippen LogP contribution in [0.3, 0.4) is 0 Å². The van der Waals surface area contributed by atoms with E-state index in [0.717, 1.165) is 0 Å². The van der Waals surface area contributed by atoms with Crippen molar-refractivity contribution in [3.8, 4) is 0 Å². The molecule has 1 unspecified atom stereocenters. The fourth-order valence-electron chi connectivity index (χ4n) is 1.11. The number of hydrogen-bond donors (Lipinski definition) is 1. The number of carboxylic acid groups (broad SMARTS) is 1. The van der Waals surface area contributed by atoms with E-state index in [0.29, 0.717) is 18.6 Å². The van der Waals surface area contributed by atoms with Crippen LogP contribution in [0.4, 0.5) is 0 Å². The minimum absolute atomic E-state index is 0.345. The number of carbonyl (C=O) groups is 2. The zero-order valence-corrected chi connectivity index (χ0v) is 8.40. The van der Waals surface area contributed by atoms with Crippen LogP contribution in [-0.4, -0.2) is 33.9 Å². The van der Waals surface area contributed by atoms with Crippen LogP contribution in [-0.2, 0) is 9.59 Å². The average Bonchev–Trinajstić information content (AvgIpc) is 2.65. The highest BCUT2D eigenvalue weighted by molar-refractivity contribution is 7.07. The molecular formula is C8H10N2O3S. The lowest BCUT2D eigenvalue weighted by molar-refractivity contribution is -0.146. The van der Waals surface area contributed by atoms with Crippen molar-refractivity contribution in [1.82, 2.24) is 9.88 Å². The van der Waals surface area contributed by atoms with Gasteiger partial charge >= 0.3 is 5.97 Å². The summed E-state index contributed by atoms with van der Waals surface area (Å²) in [5.74, 6) is -1.06. The minimum Gasteiger partial charge on any atom is -0.479 e. The summed E-state index contributed by atoms with van der Waals surface area (Å²) >= 11 is 1.31. The molecule has 14 heavy (non-hydrogen) atoms. The number of hydrogen-bond acceptors (Lipinski definition) is 4. The standard InChI is InChI=1S/C8H10N2O3S/c1-2-10(5-11)7(8(12)13)6-3-14-4-9-6/h3-5,7H,2H2,1H3,(H,12,13). The fraction of sp³-hybridized carbons (Fsp3) is 0.375. The number of nitrogens with zero attached hydrogens (tertiary/aromatic N) is 2. The van der Waals surface area contributed by atoms with Crippen molar-refractivity contribution in [1.29, 1.82) is 0 Å². The van der Waals surface area contributed by atoms with Crippen molar-refractivity contribution in [2.45, 2.75) is 13.0 Å². The van der Waals surface area contributed by atoms with Crippen LogP contribution < -0.4 is 0 Å². The molecule has 0 fully saturated rings. The van der Waals surface area contributed by atoms with Gasteiger partial charge in [-0.05, 0) is 6.92 Å². The molecule has 1 rings (SSSR count). The number of aromatic nitrogens is 1. The van der Waals surface area contributed by atoms with Gasteiger partial charge in [-0.25, -0.2) is 9.78 Å². The molecule has 0 aromatic carbocycles. The van der Waals surface area contributed by atoms with E-state index in [1.54, 1.807) is 17.8 Å². The van der Waals surface area contributed by atoms with Crippen LogP contribution in [0.2, 0.25) is 0 Å².